The van der Waals surface area contributed by atoms with Gasteiger partial charge in [0, 0.05) is 11.7 Å². The van der Waals surface area contributed by atoms with Crippen molar-refractivity contribution in [2.75, 3.05) is 5.75 Å². The van der Waals surface area contributed by atoms with Crippen molar-refractivity contribution in [3.63, 3.8) is 0 Å². The first-order valence-electron chi connectivity index (χ1n) is 3.25. The van der Waals surface area contributed by atoms with E-state index < -0.39 is 18.0 Å². The summed E-state index contributed by atoms with van der Waals surface area (Å²) in [7, 11) is 0. The molecule has 14 heavy (non-hydrogen) atoms. The smallest absolute Gasteiger partial charge is 0.550 e. The van der Waals surface area contributed by atoms with Gasteiger partial charge in [-0.15, -0.1) is 0 Å². The number of carbonyl (C=O) groups is 3. The van der Waals surface area contributed by atoms with E-state index in [1.54, 1.807) is 0 Å². The van der Waals surface area contributed by atoms with E-state index in [9.17, 15) is 14.7 Å². The van der Waals surface area contributed by atoms with E-state index in [0.29, 0.717) is 0 Å². The van der Waals surface area contributed by atoms with Crippen LogP contribution in [0.4, 0.5) is 4.79 Å². The van der Waals surface area contributed by atoms with Gasteiger partial charge in [-0.05, 0) is 6.92 Å². The van der Waals surface area contributed by atoms with E-state index in [-0.39, 0.29) is 34.0 Å². The Bertz CT molecular complexity index is 230. The molecule has 1 atom stereocenters. The van der Waals surface area contributed by atoms with Crippen LogP contribution in [0.5, 0.6) is 0 Å². The fourth-order valence-electron chi connectivity index (χ4n) is 0.512. The number of carbonyl (C=O) groups excluding carboxylic acids is 3. The third kappa shape index (κ3) is 8.14. The summed E-state index contributed by atoms with van der Waals surface area (Å²) in [5.74, 6) is -2.02. The SMILES string of the molecule is CC(=O)[O-].O=C1NC(C(=O)[O-])CS1.[Mg+2]. The summed E-state index contributed by atoms with van der Waals surface area (Å²) < 4.78 is 0. The van der Waals surface area contributed by atoms with Crippen LogP contribution in [0.1, 0.15) is 6.92 Å². The van der Waals surface area contributed by atoms with Crippen LogP contribution in [0.2, 0.25) is 0 Å². The van der Waals surface area contributed by atoms with Crippen LogP contribution >= 0.6 is 11.8 Å². The molecule has 0 spiro atoms. The molecule has 1 saturated heterocycles. The topological polar surface area (TPSA) is 109 Å². The number of carboxylic acid groups (broad SMARTS) is 2. The van der Waals surface area contributed by atoms with Gasteiger partial charge in [0.05, 0.1) is 12.0 Å². The van der Waals surface area contributed by atoms with Crippen molar-refractivity contribution in [1.82, 2.24) is 5.32 Å². The minimum atomic E-state index is -1.21. The van der Waals surface area contributed by atoms with Crippen LogP contribution in [0, 0.1) is 0 Å². The maximum atomic E-state index is 10.3. The molecule has 6 nitrogen and oxygen atoms in total. The average Bonchev–Trinajstić information content (AvgIpc) is 2.34. The molecule has 74 valence electrons. The normalized spacial score (nSPS) is 18.4. The fraction of sp³-hybridized carbons (Fsp3) is 0.500. The zero-order valence-corrected chi connectivity index (χ0v) is 9.67. The van der Waals surface area contributed by atoms with Crippen molar-refractivity contribution in [1.29, 1.82) is 0 Å². The van der Waals surface area contributed by atoms with Crippen LogP contribution in [0.3, 0.4) is 0 Å². The van der Waals surface area contributed by atoms with Gasteiger partial charge >= 0.3 is 23.1 Å². The number of aliphatic carboxylic acids is 2. The number of thioether (sulfide) groups is 1. The summed E-state index contributed by atoms with van der Waals surface area (Å²) in [6.07, 6.45) is 0. The molecule has 0 bridgehead atoms. The predicted octanol–water partition coefficient (Wildman–Crippen LogP) is -3.06. The monoisotopic (exact) mass is 229 g/mol. The second-order valence-corrected chi connectivity index (χ2v) is 3.10. The molecule has 0 aromatic heterocycles. The molecular formula is C6H7MgNO5S. The van der Waals surface area contributed by atoms with Crippen LogP contribution in [0.15, 0.2) is 0 Å². The molecule has 1 unspecified atom stereocenters. The summed E-state index contributed by atoms with van der Waals surface area (Å²) in [5.41, 5.74) is 0. The Balaban J connectivity index is 0. The van der Waals surface area contributed by atoms with Gasteiger partial charge < -0.3 is 25.1 Å². The molecule has 1 fully saturated rings. The van der Waals surface area contributed by atoms with Gasteiger partial charge in [0.2, 0.25) is 0 Å². The summed E-state index contributed by atoms with van der Waals surface area (Å²) in [5, 5.41) is 20.8. The molecule has 1 amide bonds. The Labute approximate surface area is 101 Å². The van der Waals surface area contributed by atoms with Gasteiger partial charge in [0.25, 0.3) is 5.24 Å². The molecule has 0 aromatic carbocycles. The number of nitrogens with one attached hydrogen (secondary N) is 1. The van der Waals surface area contributed by atoms with Crippen molar-refractivity contribution < 1.29 is 24.6 Å². The van der Waals surface area contributed by atoms with Crippen LogP contribution in [-0.2, 0) is 9.59 Å². The Morgan fingerprint density at radius 1 is 1.50 bits per heavy atom. The maximum absolute atomic E-state index is 10.3. The average molecular weight is 229 g/mol. The number of hydrogen-bond acceptors (Lipinski definition) is 6. The number of hydrogen-bond donors (Lipinski definition) is 1. The van der Waals surface area contributed by atoms with Gasteiger partial charge in [-0.2, -0.15) is 0 Å². The van der Waals surface area contributed by atoms with Crippen molar-refractivity contribution in [3.8, 4) is 0 Å². The first kappa shape index (κ1) is 16.0. The zero-order valence-electron chi connectivity index (χ0n) is 7.44. The van der Waals surface area contributed by atoms with E-state index >= 15 is 0 Å². The Kier molecular flexibility index (Phi) is 9.00. The number of carboxylic acids is 2. The van der Waals surface area contributed by atoms with Gasteiger partial charge in [-0.1, -0.05) is 11.8 Å². The minimum Gasteiger partial charge on any atom is -0.550 e. The Morgan fingerprint density at radius 2 is 1.93 bits per heavy atom. The molecule has 1 aliphatic heterocycles. The third-order valence-electron chi connectivity index (χ3n) is 0.958. The summed E-state index contributed by atoms with van der Waals surface area (Å²) in [4.78, 5) is 29.2. The Hall–Kier alpha value is -0.474. The van der Waals surface area contributed by atoms with Crippen molar-refractivity contribution >= 4 is 52.0 Å². The van der Waals surface area contributed by atoms with Gasteiger partial charge in [0.15, 0.2) is 0 Å². The number of rotatable bonds is 1. The number of amides is 1. The summed E-state index contributed by atoms with van der Waals surface area (Å²) >= 11 is 0.963. The van der Waals surface area contributed by atoms with Gasteiger partial charge in [0.1, 0.15) is 0 Å². The van der Waals surface area contributed by atoms with Crippen molar-refractivity contribution in [3.05, 3.63) is 0 Å². The van der Waals surface area contributed by atoms with Crippen LogP contribution in [-0.4, -0.2) is 52.0 Å². The van der Waals surface area contributed by atoms with E-state index in [0.717, 1.165) is 18.7 Å². The molecule has 1 rings (SSSR count). The largest absolute Gasteiger partial charge is 2.00 e. The predicted molar refractivity (Wildman–Crippen MR) is 46.2 cm³/mol. The second-order valence-electron chi connectivity index (χ2n) is 2.11. The second kappa shape index (κ2) is 7.89. The first-order chi connectivity index (χ1) is 5.93. The standard InChI is InChI=1S/C4H5NO3S.C2H4O2.Mg/c6-3(7)2-1-9-4(8)5-2;1-2(3)4;/h2H,1H2,(H,5,8)(H,6,7);1H3,(H,3,4);/q;;+2/p-2. The zero-order chi connectivity index (χ0) is 10.4. The quantitative estimate of drug-likeness (QED) is 0.478. The first-order valence-corrected chi connectivity index (χ1v) is 4.23. The van der Waals surface area contributed by atoms with Crippen molar-refractivity contribution in [2.45, 2.75) is 13.0 Å². The van der Waals surface area contributed by atoms with E-state index in [1.807, 2.05) is 0 Å². The van der Waals surface area contributed by atoms with E-state index in [1.165, 1.54) is 0 Å². The molecular weight excluding hydrogens is 222 g/mol. The third-order valence-corrected chi connectivity index (χ3v) is 1.84. The van der Waals surface area contributed by atoms with Crippen LogP contribution in [0.25, 0.3) is 0 Å². The van der Waals surface area contributed by atoms with E-state index in [2.05, 4.69) is 5.32 Å². The molecule has 1 heterocycles. The van der Waals surface area contributed by atoms with Gasteiger partial charge in [-0.25, -0.2) is 0 Å². The molecule has 0 radical (unpaired) electrons. The summed E-state index contributed by atoms with van der Waals surface area (Å²) in [6.45, 7) is 0.972. The van der Waals surface area contributed by atoms with Crippen molar-refractivity contribution in [2.24, 2.45) is 0 Å². The molecule has 1 N–H and O–H groups in total. The fourth-order valence-corrected chi connectivity index (χ4v) is 1.27. The Morgan fingerprint density at radius 3 is 2.07 bits per heavy atom. The van der Waals surface area contributed by atoms with Crippen LogP contribution < -0.4 is 15.5 Å². The minimum absolute atomic E-state index is 0. The molecule has 1 aliphatic rings. The molecule has 0 saturated carbocycles. The summed E-state index contributed by atoms with van der Waals surface area (Å²) in [6, 6.07) is -0.789. The molecule has 0 aromatic rings. The van der Waals surface area contributed by atoms with Gasteiger partial charge in [-0.3, -0.25) is 4.79 Å². The van der Waals surface area contributed by atoms with E-state index in [4.69, 9.17) is 9.90 Å². The maximum Gasteiger partial charge on any atom is 2.00 e. The molecule has 8 heteroatoms. The molecule has 0 aliphatic carbocycles.